The van der Waals surface area contributed by atoms with Gasteiger partial charge in [-0.2, -0.15) is 0 Å². The number of amides is 2. The van der Waals surface area contributed by atoms with Gasteiger partial charge in [0.15, 0.2) is 0 Å². The van der Waals surface area contributed by atoms with Gasteiger partial charge >= 0.3 is 6.03 Å². The lowest BCUT2D eigenvalue weighted by atomic mass is 10.0. The largest absolute Gasteiger partial charge is 0.343 e. The molecular formula is C19H32N4O. The second-order valence-corrected chi connectivity index (χ2v) is 5.59. The first-order valence-corrected chi connectivity index (χ1v) is 8.98. The number of hydrogen-bond donors (Lipinski definition) is 1. The predicted molar refractivity (Wildman–Crippen MR) is 103 cm³/mol. The van der Waals surface area contributed by atoms with E-state index in [1.54, 1.807) is 4.90 Å². The number of nitrogens with one attached hydrogen (secondary N) is 1. The summed E-state index contributed by atoms with van der Waals surface area (Å²) in [7, 11) is 1.83. The number of guanidine groups is 1. The summed E-state index contributed by atoms with van der Waals surface area (Å²) in [5.74, 6) is 0.645. The molecule has 0 spiro atoms. The van der Waals surface area contributed by atoms with Crippen LogP contribution in [0.5, 0.6) is 0 Å². The lowest BCUT2D eigenvalue weighted by Crippen LogP contribution is -2.49. The Morgan fingerprint density at radius 1 is 1.04 bits per heavy atom. The number of rotatable bonds is 6. The third-order valence-corrected chi connectivity index (χ3v) is 4.19. The second-order valence-electron chi connectivity index (χ2n) is 5.59. The van der Waals surface area contributed by atoms with Crippen LogP contribution in [0, 0.1) is 0 Å². The quantitative estimate of drug-likeness (QED) is 0.638. The van der Waals surface area contributed by atoms with Gasteiger partial charge in [0.2, 0.25) is 5.96 Å². The fourth-order valence-corrected chi connectivity index (χ4v) is 2.82. The summed E-state index contributed by atoms with van der Waals surface area (Å²) < 4.78 is 0. The number of carbonyl (C=O) groups is 1. The molecule has 0 fully saturated rings. The van der Waals surface area contributed by atoms with Gasteiger partial charge in [0.25, 0.3) is 0 Å². The van der Waals surface area contributed by atoms with E-state index in [1.165, 1.54) is 11.1 Å². The molecule has 0 aliphatic rings. The Bertz CT molecular complexity index is 542. The number of aryl methyl sites for hydroxylation is 2. The Morgan fingerprint density at radius 2 is 1.58 bits per heavy atom. The summed E-state index contributed by atoms with van der Waals surface area (Å²) in [4.78, 5) is 21.0. The SMILES string of the molecule is CCN=C(NC(=O)N(C)c1c(CC)cccc1CC)N(CC)CC. The first-order chi connectivity index (χ1) is 11.5. The molecule has 0 aliphatic heterocycles. The Balaban J connectivity index is 3.09. The van der Waals surface area contributed by atoms with Crippen molar-refractivity contribution in [3.05, 3.63) is 29.3 Å². The molecular weight excluding hydrogens is 300 g/mol. The highest BCUT2D eigenvalue weighted by atomic mass is 16.2. The van der Waals surface area contributed by atoms with E-state index in [9.17, 15) is 4.79 Å². The zero-order valence-corrected chi connectivity index (χ0v) is 16.0. The molecule has 0 unspecified atom stereocenters. The first-order valence-electron chi connectivity index (χ1n) is 8.98. The topological polar surface area (TPSA) is 47.9 Å². The maximum absolute atomic E-state index is 12.8. The average molecular weight is 332 g/mol. The number of carbonyl (C=O) groups excluding carboxylic acids is 1. The average Bonchev–Trinajstić information content (AvgIpc) is 2.61. The standard InChI is InChI=1S/C19H32N4O/c1-7-15-13-12-14-16(8-2)17(15)22(6)19(24)21-18(20-9-3)23(10-4)11-5/h12-14H,7-11H2,1-6H3,(H,20,21,24). The van der Waals surface area contributed by atoms with Gasteiger partial charge in [0.05, 0.1) is 5.69 Å². The highest BCUT2D eigenvalue weighted by molar-refractivity contribution is 6.04. The van der Waals surface area contributed by atoms with E-state index in [0.29, 0.717) is 12.5 Å². The van der Waals surface area contributed by atoms with Gasteiger partial charge in [-0.05, 0) is 44.7 Å². The molecule has 1 aromatic carbocycles. The molecule has 1 aromatic rings. The maximum Gasteiger partial charge on any atom is 0.328 e. The highest BCUT2D eigenvalue weighted by Gasteiger charge is 2.19. The fourth-order valence-electron chi connectivity index (χ4n) is 2.82. The minimum absolute atomic E-state index is 0.148. The number of nitrogens with zero attached hydrogens (tertiary/aromatic N) is 3. The van der Waals surface area contributed by atoms with E-state index in [4.69, 9.17) is 0 Å². The molecule has 0 atom stereocenters. The minimum Gasteiger partial charge on any atom is -0.343 e. The van der Waals surface area contributed by atoms with Crippen molar-refractivity contribution in [3.8, 4) is 0 Å². The normalized spacial score (nSPS) is 11.3. The monoisotopic (exact) mass is 332 g/mol. The molecule has 24 heavy (non-hydrogen) atoms. The summed E-state index contributed by atoms with van der Waals surface area (Å²) in [6.07, 6.45) is 1.79. The molecule has 0 saturated heterocycles. The molecule has 0 bridgehead atoms. The van der Waals surface area contributed by atoms with Crippen LogP contribution in [0.3, 0.4) is 0 Å². The molecule has 0 saturated carbocycles. The van der Waals surface area contributed by atoms with Gasteiger partial charge in [-0.3, -0.25) is 15.2 Å². The van der Waals surface area contributed by atoms with Crippen molar-refractivity contribution in [2.45, 2.75) is 47.5 Å². The van der Waals surface area contributed by atoms with Crippen LogP contribution < -0.4 is 10.2 Å². The molecule has 2 amide bonds. The Kier molecular flexibility index (Phi) is 8.30. The Labute approximate surface area is 146 Å². The summed E-state index contributed by atoms with van der Waals surface area (Å²) in [5, 5.41) is 2.98. The first kappa shape index (κ1) is 20.0. The van der Waals surface area contributed by atoms with E-state index in [-0.39, 0.29) is 6.03 Å². The summed E-state index contributed by atoms with van der Waals surface area (Å²) in [6.45, 7) is 12.6. The van der Waals surface area contributed by atoms with Crippen LogP contribution >= 0.6 is 0 Å². The Hall–Kier alpha value is -2.04. The van der Waals surface area contributed by atoms with Crippen LogP contribution in [0.2, 0.25) is 0 Å². The van der Waals surface area contributed by atoms with Crippen molar-refractivity contribution in [2.75, 3.05) is 31.6 Å². The van der Waals surface area contributed by atoms with Crippen LogP contribution in [0.25, 0.3) is 0 Å². The van der Waals surface area contributed by atoms with E-state index in [0.717, 1.165) is 31.6 Å². The van der Waals surface area contributed by atoms with Gasteiger partial charge in [-0.1, -0.05) is 32.0 Å². The van der Waals surface area contributed by atoms with Crippen molar-refractivity contribution in [1.29, 1.82) is 0 Å². The van der Waals surface area contributed by atoms with Crippen LogP contribution in [-0.4, -0.2) is 43.6 Å². The third-order valence-electron chi connectivity index (χ3n) is 4.19. The number of hydrogen-bond acceptors (Lipinski definition) is 2. The van der Waals surface area contributed by atoms with Gasteiger partial charge in [-0.25, -0.2) is 4.79 Å². The van der Waals surface area contributed by atoms with Gasteiger partial charge in [0.1, 0.15) is 0 Å². The van der Waals surface area contributed by atoms with Crippen molar-refractivity contribution in [3.63, 3.8) is 0 Å². The molecule has 134 valence electrons. The summed E-state index contributed by atoms with van der Waals surface area (Å²) in [5.41, 5.74) is 3.38. The van der Waals surface area contributed by atoms with E-state index < -0.39 is 0 Å². The van der Waals surface area contributed by atoms with Gasteiger partial charge in [-0.15, -0.1) is 0 Å². The zero-order valence-electron chi connectivity index (χ0n) is 16.0. The zero-order chi connectivity index (χ0) is 18.1. The minimum atomic E-state index is -0.148. The van der Waals surface area contributed by atoms with Gasteiger partial charge < -0.3 is 4.90 Å². The number of urea groups is 1. The molecule has 0 radical (unpaired) electrons. The number of anilines is 1. The number of aliphatic imine (C=N–C) groups is 1. The summed E-state index contributed by atoms with van der Waals surface area (Å²) in [6, 6.07) is 6.09. The second kappa shape index (κ2) is 9.96. The van der Waals surface area contributed by atoms with Crippen molar-refractivity contribution < 1.29 is 4.79 Å². The summed E-state index contributed by atoms with van der Waals surface area (Å²) >= 11 is 0. The van der Waals surface area contributed by atoms with Crippen molar-refractivity contribution in [2.24, 2.45) is 4.99 Å². The lowest BCUT2D eigenvalue weighted by molar-refractivity contribution is 0.250. The smallest absolute Gasteiger partial charge is 0.328 e. The van der Waals surface area contributed by atoms with E-state index >= 15 is 0 Å². The molecule has 5 nitrogen and oxygen atoms in total. The highest BCUT2D eigenvalue weighted by Crippen LogP contribution is 2.26. The molecule has 1 N–H and O–H groups in total. The van der Waals surface area contributed by atoms with Crippen LogP contribution in [-0.2, 0) is 12.8 Å². The predicted octanol–water partition coefficient (Wildman–Crippen LogP) is 3.67. The third kappa shape index (κ3) is 4.73. The molecule has 1 rings (SSSR count). The molecule has 5 heteroatoms. The van der Waals surface area contributed by atoms with Crippen LogP contribution in [0.1, 0.15) is 45.7 Å². The lowest BCUT2D eigenvalue weighted by Gasteiger charge is -2.27. The number of para-hydroxylation sites is 1. The van der Waals surface area contributed by atoms with E-state index in [2.05, 4.69) is 61.1 Å². The maximum atomic E-state index is 12.8. The van der Waals surface area contributed by atoms with Crippen molar-refractivity contribution in [1.82, 2.24) is 10.2 Å². The Morgan fingerprint density at radius 3 is 2.00 bits per heavy atom. The van der Waals surface area contributed by atoms with Gasteiger partial charge in [0, 0.05) is 26.7 Å². The molecule has 0 heterocycles. The van der Waals surface area contributed by atoms with Crippen LogP contribution in [0.15, 0.2) is 23.2 Å². The molecule has 0 aromatic heterocycles. The fraction of sp³-hybridized carbons (Fsp3) is 0.579. The van der Waals surface area contributed by atoms with Crippen molar-refractivity contribution >= 4 is 17.7 Å². The van der Waals surface area contributed by atoms with E-state index in [1.807, 2.05) is 14.0 Å². The molecule has 0 aliphatic carbocycles. The van der Waals surface area contributed by atoms with Crippen LogP contribution in [0.4, 0.5) is 10.5 Å². The number of benzene rings is 1.